The first-order valence-corrected chi connectivity index (χ1v) is 9.54. The number of anilines is 1. The summed E-state index contributed by atoms with van der Waals surface area (Å²) in [6, 6.07) is 12.5. The molecule has 30 heavy (non-hydrogen) atoms. The third-order valence-corrected chi connectivity index (χ3v) is 5.81. The quantitative estimate of drug-likeness (QED) is 0.493. The molecular weight excluding hydrogens is 384 g/mol. The van der Waals surface area contributed by atoms with E-state index < -0.39 is 11.9 Å². The number of aromatic hydroxyl groups is 2. The van der Waals surface area contributed by atoms with Crippen molar-refractivity contribution >= 4 is 17.6 Å². The first-order chi connectivity index (χ1) is 14.5. The van der Waals surface area contributed by atoms with E-state index >= 15 is 0 Å². The molecule has 1 heterocycles. The van der Waals surface area contributed by atoms with Crippen molar-refractivity contribution in [1.82, 2.24) is 4.57 Å². The minimum atomic E-state index is -1.13. The summed E-state index contributed by atoms with van der Waals surface area (Å²) in [7, 11) is 0. The van der Waals surface area contributed by atoms with Gasteiger partial charge in [0.2, 0.25) is 11.8 Å². The Kier molecular flexibility index (Phi) is 3.92. The molecule has 0 spiro atoms. The summed E-state index contributed by atoms with van der Waals surface area (Å²) in [5.74, 6) is -1.30. The lowest BCUT2D eigenvalue weighted by atomic mass is 10.0. The van der Waals surface area contributed by atoms with Gasteiger partial charge in [0.25, 0.3) is 5.91 Å². The fourth-order valence-corrected chi connectivity index (χ4v) is 4.42. The number of rotatable bonds is 4. The van der Waals surface area contributed by atoms with Crippen LogP contribution in [0.4, 0.5) is 5.69 Å². The van der Waals surface area contributed by atoms with Gasteiger partial charge in [-0.05, 0) is 42.8 Å². The van der Waals surface area contributed by atoms with Gasteiger partial charge in [0.05, 0.1) is 16.9 Å². The fraction of sp³-hybridized carbons (Fsp3) is 0.130. The number of aromatic nitrogens is 1. The minimum absolute atomic E-state index is 0.00223. The lowest BCUT2D eigenvalue weighted by Gasteiger charge is -2.11. The molecule has 7 heteroatoms. The number of carbonyl (C=O) groups excluding carboxylic acids is 1. The molecule has 2 atom stereocenters. The molecule has 2 unspecified atom stereocenters. The highest BCUT2D eigenvalue weighted by Crippen LogP contribution is 2.57. The Morgan fingerprint density at radius 1 is 0.900 bits per heavy atom. The monoisotopic (exact) mass is 402 g/mol. The summed E-state index contributed by atoms with van der Waals surface area (Å²) in [4.78, 5) is 23.9. The number of carbonyl (C=O) groups is 2. The number of carboxylic acid groups (broad SMARTS) is 1. The van der Waals surface area contributed by atoms with Gasteiger partial charge in [0, 0.05) is 28.5 Å². The van der Waals surface area contributed by atoms with E-state index in [0.717, 1.165) is 17.5 Å². The van der Waals surface area contributed by atoms with Crippen molar-refractivity contribution < 1.29 is 24.9 Å². The molecule has 2 aliphatic carbocycles. The number of nitrogens with zero attached hydrogens (tertiary/aromatic N) is 1. The number of fused-ring (bicyclic) bond motifs is 5. The molecule has 2 aliphatic rings. The molecular formula is C23H18N2O5. The van der Waals surface area contributed by atoms with Crippen LogP contribution < -0.4 is 5.32 Å². The SMILES string of the molecule is O=C(Nc1ccccc1C(=O)O)c1ccc(-n2c(O)c3c(c2O)C2C=CC3C2)cc1. The van der Waals surface area contributed by atoms with Crippen molar-refractivity contribution in [3.05, 3.63) is 82.9 Å². The summed E-state index contributed by atoms with van der Waals surface area (Å²) in [5.41, 5.74) is 2.60. The summed E-state index contributed by atoms with van der Waals surface area (Å²) in [5, 5.41) is 33.2. The van der Waals surface area contributed by atoms with Gasteiger partial charge >= 0.3 is 5.97 Å². The lowest BCUT2D eigenvalue weighted by molar-refractivity contribution is 0.0698. The first-order valence-electron chi connectivity index (χ1n) is 9.54. The summed E-state index contributed by atoms with van der Waals surface area (Å²) in [6.45, 7) is 0. The summed E-state index contributed by atoms with van der Waals surface area (Å²) < 4.78 is 1.39. The van der Waals surface area contributed by atoms with Gasteiger partial charge in [-0.1, -0.05) is 24.3 Å². The van der Waals surface area contributed by atoms with Crippen LogP contribution in [0.1, 0.15) is 50.1 Å². The van der Waals surface area contributed by atoms with Crippen LogP contribution in [0.25, 0.3) is 5.69 Å². The molecule has 1 aromatic heterocycles. The molecule has 1 amide bonds. The van der Waals surface area contributed by atoms with Crippen LogP contribution in [0.5, 0.6) is 11.8 Å². The molecule has 150 valence electrons. The van der Waals surface area contributed by atoms with Gasteiger partial charge in [0.1, 0.15) is 0 Å². The predicted octanol–water partition coefficient (Wildman–Crippen LogP) is 3.98. The Bertz CT molecular complexity index is 1190. The standard InChI is InChI=1S/C23H18N2O5/c26-20(24-17-4-2-1-3-16(17)23(29)30)12-7-9-15(10-8-12)25-21(27)18-13-5-6-14(11-13)19(18)22(25)28/h1-10,13-14,27-28H,11H2,(H,24,26)(H,29,30). The largest absolute Gasteiger partial charge is 0.494 e. The number of nitrogens with one attached hydrogen (secondary N) is 1. The number of amides is 1. The number of benzene rings is 2. The van der Waals surface area contributed by atoms with Crippen LogP contribution in [0.2, 0.25) is 0 Å². The Morgan fingerprint density at radius 2 is 1.50 bits per heavy atom. The molecule has 0 saturated carbocycles. The van der Waals surface area contributed by atoms with Crippen LogP contribution in [0.15, 0.2) is 60.7 Å². The van der Waals surface area contributed by atoms with Gasteiger partial charge in [0.15, 0.2) is 0 Å². The number of hydrogen-bond donors (Lipinski definition) is 4. The maximum Gasteiger partial charge on any atom is 0.337 e. The predicted molar refractivity (Wildman–Crippen MR) is 110 cm³/mol. The second-order valence-electron chi connectivity index (χ2n) is 7.50. The third kappa shape index (κ3) is 2.59. The minimum Gasteiger partial charge on any atom is -0.494 e. The van der Waals surface area contributed by atoms with Crippen LogP contribution >= 0.6 is 0 Å². The van der Waals surface area contributed by atoms with Gasteiger partial charge in [-0.3, -0.25) is 9.36 Å². The van der Waals surface area contributed by atoms with E-state index in [-0.39, 0.29) is 34.8 Å². The molecule has 4 N–H and O–H groups in total. The Morgan fingerprint density at radius 3 is 2.10 bits per heavy atom. The van der Waals surface area contributed by atoms with Crippen molar-refractivity contribution in [2.24, 2.45) is 0 Å². The molecule has 0 radical (unpaired) electrons. The van der Waals surface area contributed by atoms with E-state index in [2.05, 4.69) is 17.5 Å². The number of allylic oxidation sites excluding steroid dienone is 2. The molecule has 3 aromatic rings. The second-order valence-corrected chi connectivity index (χ2v) is 7.50. The molecule has 2 bridgehead atoms. The fourth-order valence-electron chi connectivity index (χ4n) is 4.42. The number of aromatic carboxylic acids is 1. The molecule has 0 saturated heterocycles. The third-order valence-electron chi connectivity index (χ3n) is 5.81. The van der Waals surface area contributed by atoms with Crippen LogP contribution in [-0.4, -0.2) is 31.8 Å². The van der Waals surface area contributed by atoms with Crippen LogP contribution in [0.3, 0.4) is 0 Å². The number of carboxylic acids is 1. The van der Waals surface area contributed by atoms with Gasteiger partial charge in [-0.25, -0.2) is 4.79 Å². The van der Waals surface area contributed by atoms with E-state index in [4.69, 9.17) is 0 Å². The topological polar surface area (TPSA) is 112 Å². The van der Waals surface area contributed by atoms with Crippen LogP contribution in [-0.2, 0) is 0 Å². The van der Waals surface area contributed by atoms with E-state index in [9.17, 15) is 24.9 Å². The highest BCUT2D eigenvalue weighted by molar-refractivity contribution is 6.07. The Labute approximate surface area is 171 Å². The number of para-hydroxylation sites is 1. The van der Waals surface area contributed by atoms with Gasteiger partial charge < -0.3 is 20.6 Å². The highest BCUT2D eigenvalue weighted by atomic mass is 16.4. The molecule has 0 fully saturated rings. The van der Waals surface area contributed by atoms with Crippen molar-refractivity contribution in [3.63, 3.8) is 0 Å². The van der Waals surface area contributed by atoms with E-state index in [1.165, 1.54) is 16.7 Å². The van der Waals surface area contributed by atoms with Crippen molar-refractivity contribution in [2.45, 2.75) is 18.3 Å². The Balaban J connectivity index is 1.43. The molecule has 2 aromatic carbocycles. The Hall–Kier alpha value is -4.00. The zero-order chi connectivity index (χ0) is 21.0. The second kappa shape index (κ2) is 6.52. The van der Waals surface area contributed by atoms with E-state index in [1.807, 2.05) is 0 Å². The van der Waals surface area contributed by atoms with Crippen molar-refractivity contribution in [3.8, 4) is 17.4 Å². The molecule has 7 nitrogen and oxygen atoms in total. The van der Waals surface area contributed by atoms with Gasteiger partial charge in [-0.2, -0.15) is 0 Å². The zero-order valence-corrected chi connectivity index (χ0v) is 15.7. The first kappa shape index (κ1) is 18.1. The average molecular weight is 402 g/mol. The maximum atomic E-state index is 12.6. The van der Waals surface area contributed by atoms with Crippen LogP contribution in [0, 0.1) is 0 Å². The average Bonchev–Trinajstić information content (AvgIpc) is 3.42. The smallest absolute Gasteiger partial charge is 0.337 e. The lowest BCUT2D eigenvalue weighted by Crippen LogP contribution is -2.14. The summed E-state index contributed by atoms with van der Waals surface area (Å²) >= 11 is 0. The zero-order valence-electron chi connectivity index (χ0n) is 15.7. The molecule has 0 aliphatic heterocycles. The van der Waals surface area contributed by atoms with E-state index in [0.29, 0.717) is 11.3 Å². The number of hydrogen-bond acceptors (Lipinski definition) is 4. The molecule has 5 rings (SSSR count). The van der Waals surface area contributed by atoms with Crippen molar-refractivity contribution in [1.29, 1.82) is 0 Å². The van der Waals surface area contributed by atoms with Gasteiger partial charge in [-0.15, -0.1) is 0 Å². The maximum absolute atomic E-state index is 12.6. The normalized spacial score (nSPS) is 18.4. The van der Waals surface area contributed by atoms with E-state index in [1.54, 1.807) is 36.4 Å². The summed E-state index contributed by atoms with van der Waals surface area (Å²) in [6.07, 6.45) is 4.99. The highest BCUT2D eigenvalue weighted by Gasteiger charge is 2.41. The van der Waals surface area contributed by atoms with Crippen molar-refractivity contribution in [2.75, 3.05) is 5.32 Å².